The molecule has 1 rings (SSSR count). The van der Waals surface area contributed by atoms with Crippen molar-refractivity contribution in [2.75, 3.05) is 6.61 Å². The maximum Gasteiger partial charge on any atom is 0.310 e. The topological polar surface area (TPSA) is 61.5 Å². The second-order valence-electron chi connectivity index (χ2n) is 3.41. The van der Waals surface area contributed by atoms with Gasteiger partial charge < -0.3 is 9.47 Å². The number of esters is 1. The van der Waals surface area contributed by atoms with E-state index < -0.39 is 6.23 Å². The number of hydrogen-bond donors (Lipinski definition) is 1. The Kier molecular flexibility index (Phi) is 4.79. The monoisotopic (exact) mass is 223 g/mol. The van der Waals surface area contributed by atoms with E-state index in [1.807, 2.05) is 18.2 Å². The first-order chi connectivity index (χ1) is 7.63. The van der Waals surface area contributed by atoms with Crippen LogP contribution in [0.15, 0.2) is 24.3 Å². The number of hydrogen-bond acceptors (Lipinski definition) is 4. The van der Waals surface area contributed by atoms with Crippen LogP contribution in [-0.4, -0.2) is 18.8 Å². The summed E-state index contributed by atoms with van der Waals surface area (Å²) < 4.78 is 10.3. The third kappa shape index (κ3) is 3.90. The molecule has 1 aromatic carbocycles. The van der Waals surface area contributed by atoms with Crippen molar-refractivity contribution in [3.63, 3.8) is 0 Å². The molecule has 0 bridgehead atoms. The number of benzene rings is 1. The van der Waals surface area contributed by atoms with E-state index in [1.54, 1.807) is 19.9 Å². The van der Waals surface area contributed by atoms with Crippen LogP contribution in [0.2, 0.25) is 0 Å². The van der Waals surface area contributed by atoms with E-state index in [0.29, 0.717) is 12.4 Å². The summed E-state index contributed by atoms with van der Waals surface area (Å²) in [5.74, 6) is 0.369. The SMILES string of the molecule is CCOC(=O)Cc1ccccc1OC(C)N. The summed E-state index contributed by atoms with van der Waals surface area (Å²) in [6, 6.07) is 7.31. The van der Waals surface area contributed by atoms with Crippen molar-refractivity contribution in [2.24, 2.45) is 5.73 Å². The number of carbonyl (C=O) groups excluding carboxylic acids is 1. The Balaban J connectivity index is 2.74. The highest BCUT2D eigenvalue weighted by atomic mass is 16.5. The molecule has 0 fully saturated rings. The van der Waals surface area contributed by atoms with Crippen LogP contribution < -0.4 is 10.5 Å². The van der Waals surface area contributed by atoms with Crippen molar-refractivity contribution in [2.45, 2.75) is 26.5 Å². The van der Waals surface area contributed by atoms with E-state index in [2.05, 4.69) is 0 Å². The molecule has 16 heavy (non-hydrogen) atoms. The van der Waals surface area contributed by atoms with E-state index >= 15 is 0 Å². The largest absolute Gasteiger partial charge is 0.476 e. The summed E-state index contributed by atoms with van der Waals surface area (Å²) in [5, 5.41) is 0. The average molecular weight is 223 g/mol. The molecule has 0 saturated carbocycles. The lowest BCUT2D eigenvalue weighted by Crippen LogP contribution is -2.23. The summed E-state index contributed by atoms with van der Waals surface area (Å²) >= 11 is 0. The van der Waals surface area contributed by atoms with Crippen molar-refractivity contribution in [3.05, 3.63) is 29.8 Å². The second-order valence-corrected chi connectivity index (χ2v) is 3.41. The Morgan fingerprint density at radius 2 is 2.12 bits per heavy atom. The Bertz CT molecular complexity index is 350. The van der Waals surface area contributed by atoms with Crippen LogP contribution >= 0.6 is 0 Å². The summed E-state index contributed by atoms with van der Waals surface area (Å²) in [4.78, 5) is 11.3. The van der Waals surface area contributed by atoms with Crippen molar-refractivity contribution in [1.82, 2.24) is 0 Å². The third-order valence-electron chi connectivity index (χ3n) is 1.93. The van der Waals surface area contributed by atoms with Gasteiger partial charge in [-0.15, -0.1) is 0 Å². The van der Waals surface area contributed by atoms with Gasteiger partial charge >= 0.3 is 5.97 Å². The number of ether oxygens (including phenoxy) is 2. The van der Waals surface area contributed by atoms with Crippen molar-refractivity contribution < 1.29 is 14.3 Å². The van der Waals surface area contributed by atoms with Crippen LogP contribution in [0.3, 0.4) is 0 Å². The molecule has 0 aromatic heterocycles. The van der Waals surface area contributed by atoms with Gasteiger partial charge in [0.15, 0.2) is 0 Å². The highest BCUT2D eigenvalue weighted by molar-refractivity contribution is 5.73. The summed E-state index contributed by atoms with van der Waals surface area (Å²) in [6.45, 7) is 3.90. The minimum atomic E-state index is -0.400. The van der Waals surface area contributed by atoms with E-state index in [9.17, 15) is 4.79 Å². The summed E-state index contributed by atoms with van der Waals surface area (Å²) in [6.07, 6.45) is -0.195. The molecule has 2 N–H and O–H groups in total. The van der Waals surface area contributed by atoms with E-state index in [0.717, 1.165) is 5.56 Å². The third-order valence-corrected chi connectivity index (χ3v) is 1.93. The number of para-hydroxylation sites is 1. The van der Waals surface area contributed by atoms with Crippen molar-refractivity contribution >= 4 is 5.97 Å². The quantitative estimate of drug-likeness (QED) is 0.606. The van der Waals surface area contributed by atoms with Crippen LogP contribution in [0.5, 0.6) is 5.75 Å². The van der Waals surface area contributed by atoms with Gasteiger partial charge in [-0.3, -0.25) is 10.5 Å². The van der Waals surface area contributed by atoms with Gasteiger partial charge in [0, 0.05) is 5.56 Å². The summed E-state index contributed by atoms with van der Waals surface area (Å²) in [5.41, 5.74) is 6.33. The summed E-state index contributed by atoms with van der Waals surface area (Å²) in [7, 11) is 0. The molecular weight excluding hydrogens is 206 g/mol. The fourth-order valence-electron chi connectivity index (χ4n) is 1.33. The lowest BCUT2D eigenvalue weighted by atomic mass is 10.1. The van der Waals surface area contributed by atoms with Gasteiger partial charge in [-0.1, -0.05) is 18.2 Å². The molecule has 0 saturated heterocycles. The zero-order valence-corrected chi connectivity index (χ0v) is 9.60. The number of carbonyl (C=O) groups is 1. The lowest BCUT2D eigenvalue weighted by Gasteiger charge is -2.13. The molecule has 1 aromatic rings. The maximum absolute atomic E-state index is 11.3. The van der Waals surface area contributed by atoms with E-state index in [4.69, 9.17) is 15.2 Å². The van der Waals surface area contributed by atoms with E-state index in [-0.39, 0.29) is 12.4 Å². The van der Waals surface area contributed by atoms with Crippen LogP contribution in [0.4, 0.5) is 0 Å². The standard InChI is InChI=1S/C12H17NO3/c1-3-15-12(14)8-10-6-4-5-7-11(10)16-9(2)13/h4-7,9H,3,8,13H2,1-2H3. The fourth-order valence-corrected chi connectivity index (χ4v) is 1.33. The van der Waals surface area contributed by atoms with Gasteiger partial charge in [-0.2, -0.15) is 0 Å². The molecular formula is C12H17NO3. The molecule has 0 aliphatic carbocycles. The van der Waals surface area contributed by atoms with Gasteiger partial charge in [-0.25, -0.2) is 0 Å². The fraction of sp³-hybridized carbons (Fsp3) is 0.417. The first-order valence-corrected chi connectivity index (χ1v) is 5.29. The molecule has 4 heteroatoms. The average Bonchev–Trinajstić information content (AvgIpc) is 2.20. The molecule has 0 amide bonds. The molecule has 1 unspecified atom stereocenters. The highest BCUT2D eigenvalue weighted by Crippen LogP contribution is 2.19. The Hall–Kier alpha value is -1.55. The zero-order chi connectivity index (χ0) is 12.0. The van der Waals surface area contributed by atoms with Gasteiger partial charge in [0.05, 0.1) is 13.0 Å². The maximum atomic E-state index is 11.3. The molecule has 4 nitrogen and oxygen atoms in total. The Morgan fingerprint density at radius 1 is 1.44 bits per heavy atom. The van der Waals surface area contributed by atoms with Gasteiger partial charge in [-0.05, 0) is 19.9 Å². The molecule has 0 heterocycles. The minimum absolute atomic E-state index is 0.205. The number of rotatable bonds is 5. The van der Waals surface area contributed by atoms with Gasteiger partial charge in [0.1, 0.15) is 12.0 Å². The first kappa shape index (κ1) is 12.5. The predicted octanol–water partition coefficient (Wildman–Crippen LogP) is 1.48. The van der Waals surface area contributed by atoms with Gasteiger partial charge in [0.25, 0.3) is 0 Å². The van der Waals surface area contributed by atoms with Crippen LogP contribution in [0.1, 0.15) is 19.4 Å². The molecule has 1 atom stereocenters. The van der Waals surface area contributed by atoms with Crippen molar-refractivity contribution in [1.29, 1.82) is 0 Å². The van der Waals surface area contributed by atoms with Gasteiger partial charge in [0.2, 0.25) is 0 Å². The Morgan fingerprint density at radius 3 is 2.75 bits per heavy atom. The second kappa shape index (κ2) is 6.12. The molecule has 0 spiro atoms. The first-order valence-electron chi connectivity index (χ1n) is 5.29. The smallest absolute Gasteiger partial charge is 0.310 e. The molecule has 88 valence electrons. The zero-order valence-electron chi connectivity index (χ0n) is 9.60. The normalized spacial score (nSPS) is 11.9. The van der Waals surface area contributed by atoms with Crippen LogP contribution in [0, 0.1) is 0 Å². The highest BCUT2D eigenvalue weighted by Gasteiger charge is 2.10. The van der Waals surface area contributed by atoms with Crippen molar-refractivity contribution in [3.8, 4) is 5.75 Å². The van der Waals surface area contributed by atoms with Crippen LogP contribution in [-0.2, 0) is 16.0 Å². The van der Waals surface area contributed by atoms with E-state index in [1.165, 1.54) is 0 Å². The Labute approximate surface area is 95.3 Å². The molecule has 0 aliphatic rings. The molecule has 0 radical (unpaired) electrons. The molecule has 0 aliphatic heterocycles. The minimum Gasteiger partial charge on any atom is -0.476 e. The number of nitrogens with two attached hydrogens (primary N) is 1. The predicted molar refractivity (Wildman–Crippen MR) is 61.1 cm³/mol. The lowest BCUT2D eigenvalue weighted by molar-refractivity contribution is -0.142. The van der Waals surface area contributed by atoms with Crippen LogP contribution in [0.25, 0.3) is 0 Å².